The number of hydrogen-bond donors (Lipinski definition) is 2. The summed E-state index contributed by atoms with van der Waals surface area (Å²) in [5, 5.41) is 11.5. The number of anilines is 1. The van der Waals surface area contributed by atoms with Crippen molar-refractivity contribution in [1.29, 1.82) is 0 Å². The van der Waals surface area contributed by atoms with Gasteiger partial charge in [0.2, 0.25) is 5.91 Å². The molecule has 4 aromatic rings. The Bertz CT molecular complexity index is 1650. The van der Waals surface area contributed by atoms with E-state index in [4.69, 9.17) is 10.5 Å². The summed E-state index contributed by atoms with van der Waals surface area (Å²) in [5.74, 6) is 8.81. The predicted octanol–water partition coefficient (Wildman–Crippen LogP) is 3.44. The van der Waals surface area contributed by atoms with Crippen LogP contribution in [0.15, 0.2) is 73.6 Å². The largest absolute Gasteiger partial charge is 0.457 e. The number of hydrogen-bond acceptors (Lipinski definition) is 7. The van der Waals surface area contributed by atoms with Gasteiger partial charge in [-0.05, 0) is 48.2 Å². The molecular formula is C32H32N6O3. The maximum Gasteiger partial charge on any atom is 0.246 e. The van der Waals surface area contributed by atoms with Gasteiger partial charge in [0.25, 0.3) is 0 Å². The van der Waals surface area contributed by atoms with Crippen LogP contribution < -0.4 is 10.5 Å². The first-order chi connectivity index (χ1) is 19.9. The van der Waals surface area contributed by atoms with Gasteiger partial charge in [0, 0.05) is 50.7 Å². The fourth-order valence-electron chi connectivity index (χ4n) is 5.74. The molecule has 2 saturated heterocycles. The summed E-state index contributed by atoms with van der Waals surface area (Å²) in [6.07, 6.45) is 2.92. The number of benzene rings is 2. The van der Waals surface area contributed by atoms with Crippen LogP contribution in [0, 0.1) is 17.8 Å². The molecule has 2 aliphatic heterocycles. The zero-order valence-corrected chi connectivity index (χ0v) is 22.9. The Morgan fingerprint density at radius 2 is 1.83 bits per heavy atom. The summed E-state index contributed by atoms with van der Waals surface area (Å²) in [7, 11) is 1.94. The summed E-state index contributed by atoms with van der Waals surface area (Å²) in [6.45, 7) is 6.05. The van der Waals surface area contributed by atoms with Crippen molar-refractivity contribution in [3.8, 4) is 34.5 Å². The van der Waals surface area contributed by atoms with Crippen LogP contribution in [-0.2, 0) is 11.8 Å². The average molecular weight is 549 g/mol. The number of carbonyl (C=O) groups is 1. The van der Waals surface area contributed by atoms with Crippen molar-refractivity contribution in [3.05, 3.63) is 79.3 Å². The second-order valence-corrected chi connectivity index (χ2v) is 10.5. The number of aromatic nitrogens is 3. The van der Waals surface area contributed by atoms with Crippen LogP contribution in [0.25, 0.3) is 22.2 Å². The molecule has 0 unspecified atom stereocenters. The molecule has 0 radical (unpaired) electrons. The lowest BCUT2D eigenvalue weighted by Gasteiger charge is -2.47. The van der Waals surface area contributed by atoms with Gasteiger partial charge in [-0.2, -0.15) is 0 Å². The van der Waals surface area contributed by atoms with E-state index in [-0.39, 0.29) is 17.9 Å². The third-order valence-corrected chi connectivity index (χ3v) is 7.92. The summed E-state index contributed by atoms with van der Waals surface area (Å²) >= 11 is 0. The van der Waals surface area contributed by atoms with E-state index in [1.165, 1.54) is 12.4 Å². The van der Waals surface area contributed by atoms with Gasteiger partial charge in [0.15, 0.2) is 0 Å². The van der Waals surface area contributed by atoms with Crippen LogP contribution in [0.1, 0.15) is 12.1 Å². The minimum atomic E-state index is -0.582. The number of likely N-dealkylation sites (tertiary alicyclic amines) is 2. The third-order valence-electron chi connectivity index (χ3n) is 7.92. The number of nitrogens with zero attached hydrogens (tertiary/aromatic N) is 5. The van der Waals surface area contributed by atoms with E-state index in [1.807, 2.05) is 66.2 Å². The van der Waals surface area contributed by atoms with E-state index in [2.05, 4.69) is 33.3 Å². The quantitative estimate of drug-likeness (QED) is 0.290. The number of amides is 1. The molecule has 9 heteroatoms. The van der Waals surface area contributed by atoms with Crippen LogP contribution in [0.3, 0.4) is 0 Å². The number of aliphatic hydroxyl groups is 1. The van der Waals surface area contributed by atoms with Crippen LogP contribution in [0.4, 0.5) is 5.82 Å². The molecule has 0 saturated carbocycles. The highest BCUT2D eigenvalue weighted by atomic mass is 16.5. The molecule has 2 fully saturated rings. The zero-order chi connectivity index (χ0) is 28.5. The number of carbonyl (C=O) groups excluding carboxylic acids is 1. The first kappa shape index (κ1) is 26.6. The molecule has 2 atom stereocenters. The molecule has 1 amide bonds. The number of piperidine rings is 1. The standard InChI is InChI=1S/C32H32N6O3/c1-3-28(40)37-16-15-25(27(39)19-37)38-17-21(18-38)9-14-26-29(30-31(33)34-20-35-32(30)36(26)2)22-10-12-24(13-11-22)41-23-7-5-4-6-8-23/h3-8,10-13,20-21,25,27,39H,1,15-19H2,2H3,(H2,33,34,35)/t25-,27+/m1/s1. The Labute approximate surface area is 238 Å². The number of β-amino-alcohol motifs (C(OH)–C–C–N with tert-alkyl or cyclic N) is 1. The van der Waals surface area contributed by atoms with E-state index in [9.17, 15) is 9.90 Å². The number of nitrogens with two attached hydrogens (primary N) is 1. The maximum atomic E-state index is 11.9. The monoisotopic (exact) mass is 548 g/mol. The first-order valence-corrected chi connectivity index (χ1v) is 13.7. The van der Waals surface area contributed by atoms with Crippen LogP contribution in [0.2, 0.25) is 0 Å². The summed E-state index contributed by atoms with van der Waals surface area (Å²) < 4.78 is 7.95. The number of fused-ring (bicyclic) bond motifs is 1. The lowest BCUT2D eigenvalue weighted by Crippen LogP contribution is -2.61. The molecule has 41 heavy (non-hydrogen) atoms. The van der Waals surface area contributed by atoms with Crippen molar-refractivity contribution in [2.45, 2.75) is 18.6 Å². The molecule has 4 heterocycles. The lowest BCUT2D eigenvalue weighted by atomic mass is 9.91. The van der Waals surface area contributed by atoms with Gasteiger partial charge in [-0.1, -0.05) is 42.8 Å². The second-order valence-electron chi connectivity index (χ2n) is 10.5. The highest BCUT2D eigenvalue weighted by Gasteiger charge is 2.38. The van der Waals surface area contributed by atoms with Gasteiger partial charge in [-0.25, -0.2) is 9.97 Å². The number of aliphatic hydroxyl groups excluding tert-OH is 1. The smallest absolute Gasteiger partial charge is 0.246 e. The fraction of sp³-hybridized carbons (Fsp3) is 0.281. The van der Waals surface area contributed by atoms with Crippen molar-refractivity contribution < 1.29 is 14.6 Å². The van der Waals surface area contributed by atoms with Gasteiger partial charge < -0.3 is 25.0 Å². The molecule has 0 bridgehead atoms. The Morgan fingerprint density at radius 1 is 1.10 bits per heavy atom. The van der Waals surface area contributed by atoms with Crippen LogP contribution in [-0.4, -0.2) is 73.7 Å². The number of ether oxygens (including phenoxy) is 1. The highest BCUT2D eigenvalue weighted by molar-refractivity contribution is 6.03. The molecule has 6 rings (SSSR count). The van der Waals surface area contributed by atoms with E-state index >= 15 is 0 Å². The minimum Gasteiger partial charge on any atom is -0.457 e. The van der Waals surface area contributed by atoms with Crippen molar-refractivity contribution >= 4 is 22.8 Å². The van der Waals surface area contributed by atoms with Gasteiger partial charge in [-0.15, -0.1) is 0 Å². The van der Waals surface area contributed by atoms with Crippen molar-refractivity contribution in [2.24, 2.45) is 13.0 Å². The summed E-state index contributed by atoms with van der Waals surface area (Å²) in [6, 6.07) is 17.6. The lowest BCUT2D eigenvalue weighted by molar-refractivity contribution is -0.132. The molecule has 0 aliphatic carbocycles. The predicted molar refractivity (Wildman–Crippen MR) is 158 cm³/mol. The second kappa shape index (κ2) is 11.1. The van der Waals surface area contributed by atoms with E-state index in [0.717, 1.165) is 58.9 Å². The normalized spacial score (nSPS) is 19.3. The van der Waals surface area contributed by atoms with Crippen molar-refractivity contribution in [2.75, 3.05) is 31.9 Å². The highest BCUT2D eigenvalue weighted by Crippen LogP contribution is 2.37. The zero-order valence-electron chi connectivity index (χ0n) is 22.9. The number of nitrogen functional groups attached to an aromatic ring is 1. The van der Waals surface area contributed by atoms with Gasteiger partial charge >= 0.3 is 0 Å². The number of aryl methyl sites for hydroxylation is 1. The molecular weight excluding hydrogens is 516 g/mol. The van der Waals surface area contributed by atoms with Gasteiger partial charge in [0.1, 0.15) is 35.0 Å². The molecule has 0 spiro atoms. The van der Waals surface area contributed by atoms with Crippen molar-refractivity contribution in [3.63, 3.8) is 0 Å². The van der Waals surface area contributed by atoms with Crippen LogP contribution in [0.5, 0.6) is 11.5 Å². The van der Waals surface area contributed by atoms with Gasteiger partial charge in [-0.3, -0.25) is 9.69 Å². The first-order valence-electron chi connectivity index (χ1n) is 13.7. The Hall–Kier alpha value is -4.65. The number of rotatable bonds is 5. The Balaban J connectivity index is 1.23. The average Bonchev–Trinajstić information content (AvgIpc) is 3.25. The molecule has 3 N–H and O–H groups in total. The summed E-state index contributed by atoms with van der Waals surface area (Å²) in [4.78, 5) is 24.6. The number of para-hydroxylation sites is 1. The minimum absolute atomic E-state index is 0.0294. The molecule has 2 aromatic heterocycles. The Kier molecular flexibility index (Phi) is 7.18. The SMILES string of the molecule is C=CC(=O)N1CC[C@@H](N2CC(C#Cc3c(-c4ccc(Oc5ccccc5)cc4)c4c(N)ncnc4n3C)C2)[C@@H](O)C1. The molecule has 208 valence electrons. The molecule has 2 aliphatic rings. The molecule has 9 nitrogen and oxygen atoms in total. The fourth-order valence-corrected chi connectivity index (χ4v) is 5.74. The van der Waals surface area contributed by atoms with E-state index < -0.39 is 6.10 Å². The van der Waals surface area contributed by atoms with E-state index in [1.54, 1.807) is 4.90 Å². The Morgan fingerprint density at radius 3 is 2.54 bits per heavy atom. The topological polar surface area (TPSA) is 110 Å². The third kappa shape index (κ3) is 5.15. The maximum absolute atomic E-state index is 11.9. The van der Waals surface area contributed by atoms with Gasteiger partial charge in [0.05, 0.1) is 11.5 Å². The molecule has 2 aromatic carbocycles. The van der Waals surface area contributed by atoms with E-state index in [0.29, 0.717) is 18.9 Å². The van der Waals surface area contributed by atoms with Crippen LogP contribution >= 0.6 is 0 Å². The van der Waals surface area contributed by atoms with Crippen molar-refractivity contribution in [1.82, 2.24) is 24.3 Å². The summed E-state index contributed by atoms with van der Waals surface area (Å²) in [5.41, 5.74) is 9.74.